The Balaban J connectivity index is 2.22. The van der Waals surface area contributed by atoms with Crippen molar-refractivity contribution in [2.24, 2.45) is 0 Å². The minimum atomic E-state index is -0.270. The zero-order valence-electron chi connectivity index (χ0n) is 9.34. The fraction of sp³-hybridized carbons (Fsp3) is 0. The molecule has 1 heterocycles. The standard InChI is InChI=1S/C13H9FN4/c14-12-8-4-3-6-10(12)9-5-1-2-7-11(9)13-15-17-18-16-13/h1-8H,(H,15,16,17,18). The molecule has 0 radical (unpaired) electrons. The number of rotatable bonds is 2. The van der Waals surface area contributed by atoms with E-state index in [4.69, 9.17) is 0 Å². The predicted octanol–water partition coefficient (Wildman–Crippen LogP) is 2.67. The van der Waals surface area contributed by atoms with Crippen LogP contribution in [0.4, 0.5) is 4.39 Å². The second-order valence-electron chi connectivity index (χ2n) is 3.76. The maximum absolute atomic E-state index is 13.8. The van der Waals surface area contributed by atoms with Crippen molar-refractivity contribution in [3.63, 3.8) is 0 Å². The molecule has 5 heteroatoms. The monoisotopic (exact) mass is 240 g/mol. The molecule has 1 N–H and O–H groups in total. The molecular weight excluding hydrogens is 231 g/mol. The molecule has 2 aromatic carbocycles. The van der Waals surface area contributed by atoms with E-state index in [0.717, 1.165) is 11.1 Å². The maximum atomic E-state index is 13.8. The second-order valence-corrected chi connectivity index (χ2v) is 3.76. The van der Waals surface area contributed by atoms with Gasteiger partial charge in [0.05, 0.1) is 0 Å². The van der Waals surface area contributed by atoms with Gasteiger partial charge in [-0.3, -0.25) is 0 Å². The van der Waals surface area contributed by atoms with Crippen molar-refractivity contribution in [3.8, 4) is 22.5 Å². The molecule has 4 nitrogen and oxygen atoms in total. The number of nitrogens with one attached hydrogen (secondary N) is 1. The molecule has 88 valence electrons. The van der Waals surface area contributed by atoms with Crippen LogP contribution in [0.25, 0.3) is 22.5 Å². The summed E-state index contributed by atoms with van der Waals surface area (Å²) in [4.78, 5) is 0. The van der Waals surface area contributed by atoms with Gasteiger partial charge in [0.15, 0.2) is 0 Å². The number of halogens is 1. The van der Waals surface area contributed by atoms with Crippen LogP contribution in [-0.2, 0) is 0 Å². The van der Waals surface area contributed by atoms with Gasteiger partial charge in [-0.2, -0.15) is 5.21 Å². The Morgan fingerprint density at radius 1 is 0.833 bits per heavy atom. The van der Waals surface area contributed by atoms with Crippen molar-refractivity contribution in [3.05, 3.63) is 54.3 Å². The van der Waals surface area contributed by atoms with Gasteiger partial charge in [-0.1, -0.05) is 42.5 Å². The Morgan fingerprint density at radius 2 is 1.50 bits per heavy atom. The molecule has 0 bridgehead atoms. The summed E-state index contributed by atoms with van der Waals surface area (Å²) in [6.45, 7) is 0. The number of nitrogens with zero attached hydrogens (tertiary/aromatic N) is 3. The third-order valence-electron chi connectivity index (χ3n) is 2.68. The summed E-state index contributed by atoms with van der Waals surface area (Å²) >= 11 is 0. The Labute approximate surface area is 102 Å². The van der Waals surface area contributed by atoms with Crippen LogP contribution in [0.3, 0.4) is 0 Å². The topological polar surface area (TPSA) is 54.5 Å². The van der Waals surface area contributed by atoms with Gasteiger partial charge in [0.1, 0.15) is 5.82 Å². The molecule has 0 aliphatic carbocycles. The predicted molar refractivity (Wildman–Crippen MR) is 65.0 cm³/mol. The van der Waals surface area contributed by atoms with Crippen LogP contribution in [0.5, 0.6) is 0 Å². The highest BCUT2D eigenvalue weighted by Gasteiger charge is 2.12. The van der Waals surface area contributed by atoms with Gasteiger partial charge in [0.2, 0.25) is 5.82 Å². The smallest absolute Gasteiger partial charge is 0.205 e. The average Bonchev–Trinajstić information content (AvgIpc) is 2.93. The minimum Gasteiger partial charge on any atom is -0.206 e. The highest BCUT2D eigenvalue weighted by Crippen LogP contribution is 2.30. The highest BCUT2D eigenvalue weighted by atomic mass is 19.1. The van der Waals surface area contributed by atoms with E-state index in [1.807, 2.05) is 24.3 Å². The number of tetrazole rings is 1. The second kappa shape index (κ2) is 4.37. The zero-order valence-corrected chi connectivity index (χ0v) is 9.34. The molecule has 1 aromatic heterocycles. The van der Waals surface area contributed by atoms with Gasteiger partial charge in [-0.05, 0) is 16.8 Å². The lowest BCUT2D eigenvalue weighted by atomic mass is 9.99. The first-order valence-electron chi connectivity index (χ1n) is 5.44. The molecule has 0 unspecified atom stereocenters. The molecule has 0 aliphatic rings. The van der Waals surface area contributed by atoms with E-state index < -0.39 is 0 Å². The van der Waals surface area contributed by atoms with Crippen LogP contribution >= 0.6 is 0 Å². The number of benzene rings is 2. The number of hydrogen-bond donors (Lipinski definition) is 1. The summed E-state index contributed by atoms with van der Waals surface area (Å²) in [7, 11) is 0. The third-order valence-corrected chi connectivity index (χ3v) is 2.68. The lowest BCUT2D eigenvalue weighted by molar-refractivity contribution is 0.631. The van der Waals surface area contributed by atoms with Crippen LogP contribution in [0.1, 0.15) is 0 Å². The summed E-state index contributed by atoms with van der Waals surface area (Å²) in [6.07, 6.45) is 0. The van der Waals surface area contributed by atoms with Crippen LogP contribution in [0.2, 0.25) is 0 Å². The Morgan fingerprint density at radius 3 is 2.17 bits per heavy atom. The average molecular weight is 240 g/mol. The van der Waals surface area contributed by atoms with E-state index in [1.54, 1.807) is 18.2 Å². The molecule has 3 aromatic rings. The molecule has 3 rings (SSSR count). The van der Waals surface area contributed by atoms with Crippen molar-refractivity contribution in [1.29, 1.82) is 0 Å². The molecule has 0 atom stereocenters. The lowest BCUT2D eigenvalue weighted by Gasteiger charge is -2.07. The fourth-order valence-electron chi connectivity index (χ4n) is 1.87. The largest absolute Gasteiger partial charge is 0.206 e. The molecule has 0 amide bonds. The van der Waals surface area contributed by atoms with Crippen LogP contribution in [0.15, 0.2) is 48.5 Å². The first-order valence-corrected chi connectivity index (χ1v) is 5.44. The van der Waals surface area contributed by atoms with Gasteiger partial charge >= 0.3 is 0 Å². The minimum absolute atomic E-state index is 0.270. The SMILES string of the molecule is Fc1ccccc1-c1ccccc1-c1nn[nH]n1. The number of aromatic amines is 1. The maximum Gasteiger partial charge on any atom is 0.205 e. The van der Waals surface area contributed by atoms with Crippen molar-refractivity contribution >= 4 is 0 Å². The van der Waals surface area contributed by atoms with Gasteiger partial charge in [0.25, 0.3) is 0 Å². The van der Waals surface area contributed by atoms with Crippen LogP contribution in [-0.4, -0.2) is 20.6 Å². The fourth-order valence-corrected chi connectivity index (χ4v) is 1.87. The van der Waals surface area contributed by atoms with Crippen molar-refractivity contribution in [2.75, 3.05) is 0 Å². The Hall–Kier alpha value is -2.56. The number of hydrogen-bond acceptors (Lipinski definition) is 3. The molecule has 0 saturated heterocycles. The van der Waals surface area contributed by atoms with Gasteiger partial charge in [-0.15, -0.1) is 10.2 Å². The molecule has 0 spiro atoms. The number of aromatic nitrogens is 4. The Bertz CT molecular complexity index is 664. The zero-order chi connectivity index (χ0) is 12.4. The highest BCUT2D eigenvalue weighted by molar-refractivity contribution is 5.80. The van der Waals surface area contributed by atoms with E-state index in [-0.39, 0.29) is 5.82 Å². The summed E-state index contributed by atoms with van der Waals surface area (Å²) in [5, 5.41) is 13.8. The summed E-state index contributed by atoms with van der Waals surface area (Å²) in [5.74, 6) is 0.183. The normalized spacial score (nSPS) is 10.5. The third kappa shape index (κ3) is 1.75. The van der Waals surface area contributed by atoms with Gasteiger partial charge in [0, 0.05) is 11.1 Å². The van der Waals surface area contributed by atoms with Crippen molar-refractivity contribution < 1.29 is 4.39 Å². The lowest BCUT2D eigenvalue weighted by Crippen LogP contribution is -1.89. The van der Waals surface area contributed by atoms with E-state index in [9.17, 15) is 4.39 Å². The van der Waals surface area contributed by atoms with Crippen molar-refractivity contribution in [2.45, 2.75) is 0 Å². The van der Waals surface area contributed by atoms with Crippen LogP contribution in [0, 0.1) is 5.82 Å². The first-order chi connectivity index (χ1) is 8.86. The van der Waals surface area contributed by atoms with Crippen molar-refractivity contribution in [1.82, 2.24) is 20.6 Å². The Kier molecular flexibility index (Phi) is 2.57. The molecular formula is C13H9FN4. The number of H-pyrrole nitrogens is 1. The quantitative estimate of drug-likeness (QED) is 0.749. The van der Waals surface area contributed by atoms with E-state index in [2.05, 4.69) is 20.6 Å². The van der Waals surface area contributed by atoms with Gasteiger partial charge < -0.3 is 0 Å². The van der Waals surface area contributed by atoms with E-state index in [0.29, 0.717) is 11.4 Å². The molecule has 0 saturated carbocycles. The van der Waals surface area contributed by atoms with Crippen LogP contribution < -0.4 is 0 Å². The summed E-state index contributed by atoms with van der Waals surface area (Å²) in [5.41, 5.74) is 2.02. The molecule has 0 fully saturated rings. The molecule has 0 aliphatic heterocycles. The first kappa shape index (κ1) is 10.6. The summed E-state index contributed by atoms with van der Waals surface area (Å²) in [6, 6.07) is 14.0. The molecule has 18 heavy (non-hydrogen) atoms. The van der Waals surface area contributed by atoms with E-state index >= 15 is 0 Å². The van der Waals surface area contributed by atoms with Gasteiger partial charge in [-0.25, -0.2) is 4.39 Å². The summed E-state index contributed by atoms with van der Waals surface area (Å²) < 4.78 is 13.8. The van der Waals surface area contributed by atoms with E-state index in [1.165, 1.54) is 6.07 Å².